The van der Waals surface area contributed by atoms with Crippen LogP contribution in [0.3, 0.4) is 0 Å². The van der Waals surface area contributed by atoms with Crippen molar-refractivity contribution in [2.24, 2.45) is 5.92 Å². The van der Waals surface area contributed by atoms with Gasteiger partial charge in [0.05, 0.1) is 11.8 Å². The molecule has 176 valence electrons. The maximum absolute atomic E-state index is 12.9. The molecule has 0 radical (unpaired) electrons. The second-order valence-electron chi connectivity index (χ2n) is 8.55. The number of aromatic nitrogens is 6. The summed E-state index contributed by atoms with van der Waals surface area (Å²) in [5.74, 6) is 0.906. The molecule has 0 saturated carbocycles. The molecule has 4 N–H and O–H groups in total. The molecule has 34 heavy (non-hydrogen) atoms. The Hall–Kier alpha value is -3.85. The fourth-order valence-corrected chi connectivity index (χ4v) is 3.79. The number of nitrogens with zero attached hydrogens (tertiary/aromatic N) is 4. The van der Waals surface area contributed by atoms with E-state index in [4.69, 9.17) is 0 Å². The van der Waals surface area contributed by atoms with Crippen LogP contribution in [0.1, 0.15) is 60.9 Å². The van der Waals surface area contributed by atoms with Gasteiger partial charge in [0.25, 0.3) is 5.91 Å². The molecule has 0 fully saturated rings. The van der Waals surface area contributed by atoms with E-state index >= 15 is 0 Å². The smallest absolute Gasteiger partial charge is 0.272 e. The largest absolute Gasteiger partial charge is 0.387 e. The number of hydrogen-bond donors (Lipinski definition) is 4. The Bertz CT molecular complexity index is 1230. The number of aromatic amines is 2. The van der Waals surface area contributed by atoms with E-state index in [1.807, 2.05) is 69.3 Å². The molecule has 0 bridgehead atoms. The monoisotopic (exact) mass is 459 g/mol. The quantitative estimate of drug-likeness (QED) is 0.301. The zero-order valence-electron chi connectivity index (χ0n) is 19.5. The van der Waals surface area contributed by atoms with E-state index in [9.17, 15) is 9.90 Å². The number of imidazole rings is 1. The fraction of sp³-hybridized carbons (Fsp3) is 0.320. The van der Waals surface area contributed by atoms with Gasteiger partial charge in [0.15, 0.2) is 5.69 Å². The number of aliphatic hydroxyl groups is 1. The van der Waals surface area contributed by atoms with Crippen molar-refractivity contribution in [3.63, 3.8) is 0 Å². The maximum Gasteiger partial charge on any atom is 0.272 e. The van der Waals surface area contributed by atoms with Crippen LogP contribution in [-0.2, 0) is 13.0 Å². The van der Waals surface area contributed by atoms with Crippen LogP contribution in [0.2, 0.25) is 0 Å². The van der Waals surface area contributed by atoms with E-state index in [1.165, 1.54) is 0 Å². The van der Waals surface area contributed by atoms with Gasteiger partial charge in [0.2, 0.25) is 5.82 Å². The molecule has 0 aliphatic heterocycles. The third-order valence-electron chi connectivity index (χ3n) is 5.64. The van der Waals surface area contributed by atoms with Gasteiger partial charge in [0.1, 0.15) is 5.82 Å². The second kappa shape index (κ2) is 10.4. The molecule has 0 aliphatic carbocycles. The third kappa shape index (κ3) is 5.04. The molecule has 4 aromatic rings. The lowest BCUT2D eigenvalue weighted by Gasteiger charge is -2.14. The van der Waals surface area contributed by atoms with Crippen molar-refractivity contribution in [3.05, 3.63) is 71.3 Å². The van der Waals surface area contributed by atoms with Gasteiger partial charge in [-0.2, -0.15) is 5.21 Å². The van der Waals surface area contributed by atoms with Gasteiger partial charge >= 0.3 is 0 Å². The molecule has 2 heterocycles. The highest BCUT2D eigenvalue weighted by atomic mass is 16.3. The van der Waals surface area contributed by atoms with E-state index < -0.39 is 6.10 Å². The number of benzene rings is 2. The minimum Gasteiger partial charge on any atom is -0.387 e. The molecular formula is C25H29N7O2. The van der Waals surface area contributed by atoms with Gasteiger partial charge < -0.3 is 15.4 Å². The first-order valence-corrected chi connectivity index (χ1v) is 11.4. The van der Waals surface area contributed by atoms with Crippen molar-refractivity contribution in [1.29, 1.82) is 0 Å². The molecule has 1 amide bonds. The van der Waals surface area contributed by atoms with E-state index in [0.717, 1.165) is 35.1 Å². The maximum atomic E-state index is 12.9. The summed E-state index contributed by atoms with van der Waals surface area (Å²) in [6, 6.07) is 15.8. The van der Waals surface area contributed by atoms with Crippen LogP contribution in [0.5, 0.6) is 0 Å². The summed E-state index contributed by atoms with van der Waals surface area (Å²) in [5, 5.41) is 27.8. The topological polar surface area (TPSA) is 132 Å². The van der Waals surface area contributed by atoms with E-state index in [1.54, 1.807) is 0 Å². The summed E-state index contributed by atoms with van der Waals surface area (Å²) in [6.45, 7) is 6.21. The Morgan fingerprint density at radius 1 is 1.09 bits per heavy atom. The number of rotatable bonds is 9. The standard InChI is InChI=1S/C25H29N7O2/c1-4-7-20-27-21(23(33)15(2)3)22(28-20)25(34)26-14-16-10-12-17(13-11-16)18-8-5-6-9-19(18)24-29-31-32-30-24/h5-6,8-13,15,23,33H,4,7,14H2,1-3H3,(H,26,34)(H,27,28)(H,29,30,31,32). The average molecular weight is 460 g/mol. The summed E-state index contributed by atoms with van der Waals surface area (Å²) in [5.41, 5.74) is 4.57. The highest BCUT2D eigenvalue weighted by molar-refractivity contribution is 5.93. The van der Waals surface area contributed by atoms with Gasteiger partial charge in [-0.3, -0.25) is 4.79 Å². The number of H-pyrrole nitrogens is 2. The van der Waals surface area contributed by atoms with Crippen LogP contribution in [0, 0.1) is 5.92 Å². The Balaban J connectivity index is 1.48. The Morgan fingerprint density at radius 3 is 2.47 bits per heavy atom. The summed E-state index contributed by atoms with van der Waals surface area (Å²) < 4.78 is 0. The minimum atomic E-state index is -0.780. The van der Waals surface area contributed by atoms with E-state index in [2.05, 4.69) is 35.9 Å². The van der Waals surface area contributed by atoms with Crippen LogP contribution in [0.15, 0.2) is 48.5 Å². The first-order valence-electron chi connectivity index (χ1n) is 11.4. The van der Waals surface area contributed by atoms with Gasteiger partial charge in [0, 0.05) is 18.5 Å². The van der Waals surface area contributed by atoms with Crippen molar-refractivity contribution in [2.75, 3.05) is 0 Å². The molecule has 0 saturated heterocycles. The zero-order chi connectivity index (χ0) is 24.1. The number of carbonyl (C=O) groups excluding carboxylic acids is 1. The molecular weight excluding hydrogens is 430 g/mol. The predicted octanol–water partition coefficient (Wildman–Crippen LogP) is 3.83. The van der Waals surface area contributed by atoms with E-state index in [-0.39, 0.29) is 17.5 Å². The van der Waals surface area contributed by atoms with Gasteiger partial charge in [-0.05, 0) is 34.2 Å². The predicted molar refractivity (Wildman–Crippen MR) is 129 cm³/mol. The van der Waals surface area contributed by atoms with Crippen LogP contribution in [0.25, 0.3) is 22.5 Å². The molecule has 2 aromatic carbocycles. The molecule has 1 unspecified atom stereocenters. The fourth-order valence-electron chi connectivity index (χ4n) is 3.79. The molecule has 9 heteroatoms. The van der Waals surface area contributed by atoms with Crippen LogP contribution >= 0.6 is 0 Å². The van der Waals surface area contributed by atoms with Gasteiger partial charge in [-0.25, -0.2) is 4.98 Å². The van der Waals surface area contributed by atoms with Gasteiger partial charge in [-0.1, -0.05) is 69.3 Å². The number of hydrogen-bond acceptors (Lipinski definition) is 6. The Labute approximate surface area is 198 Å². The molecule has 1 atom stereocenters. The number of aryl methyl sites for hydroxylation is 1. The Morgan fingerprint density at radius 2 is 1.82 bits per heavy atom. The first-order chi connectivity index (χ1) is 16.5. The summed E-state index contributed by atoms with van der Waals surface area (Å²) in [6.07, 6.45) is 0.837. The lowest BCUT2D eigenvalue weighted by molar-refractivity contribution is 0.0924. The van der Waals surface area contributed by atoms with Crippen molar-refractivity contribution in [1.82, 2.24) is 35.9 Å². The number of carbonyl (C=O) groups is 1. The van der Waals surface area contributed by atoms with Crippen molar-refractivity contribution in [3.8, 4) is 22.5 Å². The van der Waals surface area contributed by atoms with Crippen LogP contribution < -0.4 is 5.32 Å². The highest BCUT2D eigenvalue weighted by Crippen LogP contribution is 2.30. The van der Waals surface area contributed by atoms with Crippen molar-refractivity contribution < 1.29 is 9.90 Å². The minimum absolute atomic E-state index is 0.0376. The summed E-state index contributed by atoms with van der Waals surface area (Å²) in [7, 11) is 0. The number of amides is 1. The number of tetrazole rings is 1. The molecule has 2 aromatic heterocycles. The van der Waals surface area contributed by atoms with Gasteiger partial charge in [-0.15, -0.1) is 10.2 Å². The lowest BCUT2D eigenvalue weighted by Crippen LogP contribution is -2.25. The molecule has 4 rings (SSSR count). The molecule has 0 aliphatic rings. The first kappa shape index (κ1) is 23.3. The second-order valence-corrected chi connectivity index (χ2v) is 8.55. The molecule has 0 spiro atoms. The summed E-state index contributed by atoms with van der Waals surface area (Å²) >= 11 is 0. The summed E-state index contributed by atoms with van der Waals surface area (Å²) in [4.78, 5) is 20.5. The Kier molecular flexibility index (Phi) is 7.12. The third-order valence-corrected chi connectivity index (χ3v) is 5.64. The number of nitrogens with one attached hydrogen (secondary N) is 3. The normalized spacial score (nSPS) is 12.1. The highest BCUT2D eigenvalue weighted by Gasteiger charge is 2.24. The average Bonchev–Trinajstić information content (AvgIpc) is 3.53. The number of aliphatic hydroxyl groups excluding tert-OH is 1. The zero-order valence-corrected chi connectivity index (χ0v) is 19.5. The SMILES string of the molecule is CCCc1nc(C(=O)NCc2ccc(-c3ccccc3-c3nn[nH]n3)cc2)c(C(O)C(C)C)[nH]1. The van der Waals surface area contributed by atoms with Crippen LogP contribution in [0.4, 0.5) is 0 Å². The molecule has 9 nitrogen and oxygen atoms in total. The van der Waals surface area contributed by atoms with Crippen molar-refractivity contribution >= 4 is 5.91 Å². The van der Waals surface area contributed by atoms with Crippen molar-refractivity contribution in [2.45, 2.75) is 46.3 Å². The van der Waals surface area contributed by atoms with Crippen LogP contribution in [-0.4, -0.2) is 41.6 Å². The van der Waals surface area contributed by atoms with E-state index in [0.29, 0.717) is 23.9 Å². The lowest BCUT2D eigenvalue weighted by atomic mass is 9.98.